The number of likely N-dealkylation sites (tertiary alicyclic amines) is 1. The standard InChI is InChI=1S/C34H41ClFN5O3/c1-3-40-16-7-6-8-26(40)15-21-44-32-10-5-4-9-29(32)37-34(43)25-12-14-31(41-19-17-39(2)18-20-41)30(23-25)38-33(42)24-11-13-28(36)27(35)22-24/h4-5,9-14,22-23,26H,3,6-8,15-21H2,1-2H3,(H,37,43)(H,38,42). The van der Waals surface area contributed by atoms with E-state index in [-0.39, 0.29) is 16.5 Å². The zero-order valence-electron chi connectivity index (χ0n) is 25.5. The average molecular weight is 622 g/mol. The lowest BCUT2D eigenvalue weighted by Gasteiger charge is -2.35. The molecular formula is C34H41ClFN5O3. The fourth-order valence-electron chi connectivity index (χ4n) is 5.93. The second-order valence-corrected chi connectivity index (χ2v) is 11.9. The summed E-state index contributed by atoms with van der Waals surface area (Å²) in [6, 6.07) is 17.1. The maximum Gasteiger partial charge on any atom is 0.255 e. The highest BCUT2D eigenvalue weighted by Crippen LogP contribution is 2.31. The highest BCUT2D eigenvalue weighted by atomic mass is 35.5. The Bertz CT molecular complexity index is 1460. The number of nitrogens with zero attached hydrogens (tertiary/aromatic N) is 3. The zero-order valence-corrected chi connectivity index (χ0v) is 26.2. The summed E-state index contributed by atoms with van der Waals surface area (Å²) in [5, 5.41) is 5.80. The molecule has 1 atom stereocenters. The van der Waals surface area contributed by atoms with Crippen molar-refractivity contribution in [3.05, 3.63) is 82.6 Å². The van der Waals surface area contributed by atoms with E-state index >= 15 is 0 Å². The third-order valence-corrected chi connectivity index (χ3v) is 8.82. The summed E-state index contributed by atoms with van der Waals surface area (Å²) in [6.45, 7) is 8.25. The molecule has 2 saturated heterocycles. The summed E-state index contributed by atoms with van der Waals surface area (Å²) in [5.74, 6) is -0.745. The molecule has 0 radical (unpaired) electrons. The minimum Gasteiger partial charge on any atom is -0.491 e. The van der Waals surface area contributed by atoms with Crippen LogP contribution in [0.5, 0.6) is 5.75 Å². The normalized spacial score (nSPS) is 17.7. The van der Waals surface area contributed by atoms with E-state index in [9.17, 15) is 14.0 Å². The van der Waals surface area contributed by atoms with Crippen LogP contribution in [0.3, 0.4) is 0 Å². The number of benzene rings is 3. The smallest absolute Gasteiger partial charge is 0.255 e. The number of anilines is 3. The molecule has 2 aliphatic rings. The van der Waals surface area contributed by atoms with Gasteiger partial charge in [-0.15, -0.1) is 0 Å². The highest BCUT2D eigenvalue weighted by Gasteiger charge is 2.23. The lowest BCUT2D eigenvalue weighted by atomic mass is 10.00. The van der Waals surface area contributed by atoms with E-state index in [1.54, 1.807) is 12.1 Å². The second-order valence-electron chi connectivity index (χ2n) is 11.5. The van der Waals surface area contributed by atoms with Crippen molar-refractivity contribution in [2.75, 3.05) is 68.5 Å². The van der Waals surface area contributed by atoms with Crippen molar-refractivity contribution in [2.24, 2.45) is 0 Å². The predicted molar refractivity (Wildman–Crippen MR) is 175 cm³/mol. The number of carbonyl (C=O) groups excluding carboxylic acids is 2. The summed E-state index contributed by atoms with van der Waals surface area (Å²) >= 11 is 5.94. The lowest BCUT2D eigenvalue weighted by molar-refractivity contribution is 0.101. The molecule has 2 heterocycles. The number of nitrogens with one attached hydrogen (secondary N) is 2. The van der Waals surface area contributed by atoms with Crippen molar-refractivity contribution in [1.29, 1.82) is 0 Å². The summed E-state index contributed by atoms with van der Waals surface area (Å²) in [5.41, 5.74) is 2.49. The lowest BCUT2D eigenvalue weighted by Crippen LogP contribution is -2.44. The maximum atomic E-state index is 13.7. The van der Waals surface area contributed by atoms with Crippen molar-refractivity contribution in [3.63, 3.8) is 0 Å². The van der Waals surface area contributed by atoms with Gasteiger partial charge in [-0.1, -0.05) is 37.1 Å². The van der Waals surface area contributed by atoms with Gasteiger partial charge in [0.2, 0.25) is 0 Å². The Balaban J connectivity index is 1.32. The first-order valence-electron chi connectivity index (χ1n) is 15.4. The Morgan fingerprint density at radius 3 is 2.36 bits per heavy atom. The summed E-state index contributed by atoms with van der Waals surface area (Å²) in [7, 11) is 2.07. The van der Waals surface area contributed by atoms with E-state index in [2.05, 4.69) is 39.3 Å². The van der Waals surface area contributed by atoms with E-state index in [4.69, 9.17) is 16.3 Å². The van der Waals surface area contributed by atoms with E-state index < -0.39 is 11.7 Å². The summed E-state index contributed by atoms with van der Waals surface area (Å²) in [6.07, 6.45) is 4.63. The third kappa shape index (κ3) is 7.88. The largest absolute Gasteiger partial charge is 0.491 e. The van der Waals surface area contributed by atoms with Gasteiger partial charge in [0.1, 0.15) is 11.6 Å². The molecule has 234 valence electrons. The number of halogens is 2. The molecule has 0 spiro atoms. The minimum absolute atomic E-state index is 0.132. The summed E-state index contributed by atoms with van der Waals surface area (Å²) < 4.78 is 19.9. The first-order valence-corrected chi connectivity index (χ1v) is 15.8. The van der Waals surface area contributed by atoms with Crippen LogP contribution in [0.4, 0.5) is 21.5 Å². The van der Waals surface area contributed by atoms with Crippen molar-refractivity contribution in [2.45, 2.75) is 38.6 Å². The number of rotatable bonds is 10. The molecule has 10 heteroatoms. The van der Waals surface area contributed by atoms with Gasteiger partial charge in [0.15, 0.2) is 0 Å². The topological polar surface area (TPSA) is 77.2 Å². The zero-order chi connectivity index (χ0) is 31.1. The number of ether oxygens (including phenoxy) is 1. The van der Waals surface area contributed by atoms with Crippen LogP contribution >= 0.6 is 11.6 Å². The second kappa shape index (κ2) is 14.9. The minimum atomic E-state index is -0.596. The van der Waals surface area contributed by atoms with Gasteiger partial charge in [-0.3, -0.25) is 9.59 Å². The molecule has 5 rings (SSSR count). The van der Waals surface area contributed by atoms with Crippen molar-refractivity contribution in [3.8, 4) is 5.75 Å². The molecule has 0 bridgehead atoms. The predicted octanol–water partition coefficient (Wildman–Crippen LogP) is 6.38. The van der Waals surface area contributed by atoms with Crippen LogP contribution in [0.2, 0.25) is 5.02 Å². The van der Waals surface area contributed by atoms with Crippen LogP contribution in [-0.2, 0) is 0 Å². The number of carbonyl (C=O) groups is 2. The molecule has 3 aromatic rings. The van der Waals surface area contributed by atoms with Crippen LogP contribution < -0.4 is 20.3 Å². The van der Waals surface area contributed by atoms with E-state index in [0.29, 0.717) is 35.3 Å². The Morgan fingerprint density at radius 1 is 0.909 bits per heavy atom. The van der Waals surface area contributed by atoms with Gasteiger partial charge < -0.3 is 30.1 Å². The van der Waals surface area contributed by atoms with Crippen LogP contribution in [-0.4, -0.2) is 80.6 Å². The monoisotopic (exact) mass is 621 g/mol. The molecular weight excluding hydrogens is 581 g/mol. The highest BCUT2D eigenvalue weighted by molar-refractivity contribution is 6.31. The van der Waals surface area contributed by atoms with Gasteiger partial charge in [0, 0.05) is 43.3 Å². The number of likely N-dealkylation sites (N-methyl/N-ethyl adjacent to an activating group) is 1. The number of hydrogen-bond acceptors (Lipinski definition) is 6. The molecule has 2 N–H and O–H groups in total. The maximum absolute atomic E-state index is 13.7. The van der Waals surface area contributed by atoms with Crippen LogP contribution in [0, 0.1) is 5.82 Å². The van der Waals surface area contributed by atoms with Crippen molar-refractivity contribution >= 4 is 40.5 Å². The van der Waals surface area contributed by atoms with Crippen LogP contribution in [0.15, 0.2) is 60.7 Å². The van der Waals surface area contributed by atoms with Crippen LogP contribution in [0.25, 0.3) is 0 Å². The number of piperidine rings is 1. The van der Waals surface area contributed by atoms with E-state index in [1.165, 1.54) is 31.4 Å². The molecule has 2 aliphatic heterocycles. The van der Waals surface area contributed by atoms with Gasteiger partial charge >= 0.3 is 0 Å². The van der Waals surface area contributed by atoms with Gasteiger partial charge in [-0.2, -0.15) is 0 Å². The molecule has 2 fully saturated rings. The van der Waals surface area contributed by atoms with Crippen molar-refractivity contribution < 1.29 is 18.7 Å². The summed E-state index contributed by atoms with van der Waals surface area (Å²) in [4.78, 5) is 33.7. The number of amides is 2. The fraction of sp³-hybridized carbons (Fsp3) is 0.412. The molecule has 44 heavy (non-hydrogen) atoms. The first kappa shape index (κ1) is 31.8. The Labute approximate surface area is 264 Å². The van der Waals surface area contributed by atoms with Crippen molar-refractivity contribution in [1.82, 2.24) is 9.80 Å². The quantitative estimate of drug-likeness (QED) is 0.274. The van der Waals surface area contributed by atoms with E-state index in [1.807, 2.05) is 30.3 Å². The molecule has 0 aromatic heterocycles. The number of para-hydroxylation sites is 2. The molecule has 3 aromatic carbocycles. The van der Waals surface area contributed by atoms with Gasteiger partial charge in [-0.05, 0) is 87.9 Å². The average Bonchev–Trinajstić information content (AvgIpc) is 3.03. The SMILES string of the molecule is CCN1CCCCC1CCOc1ccccc1NC(=O)c1ccc(N2CCN(C)CC2)c(NC(=O)c2ccc(F)c(Cl)c2)c1. The molecule has 1 unspecified atom stereocenters. The number of piperazine rings is 1. The first-order chi connectivity index (χ1) is 21.3. The van der Waals surface area contributed by atoms with E-state index in [0.717, 1.165) is 57.4 Å². The fourth-order valence-corrected chi connectivity index (χ4v) is 6.11. The third-order valence-electron chi connectivity index (χ3n) is 8.53. The molecule has 0 aliphatic carbocycles. The Kier molecular flexibility index (Phi) is 10.7. The molecule has 8 nitrogen and oxygen atoms in total. The Hall–Kier alpha value is -3.66. The van der Waals surface area contributed by atoms with Gasteiger partial charge in [0.05, 0.1) is 28.7 Å². The number of hydrogen-bond donors (Lipinski definition) is 2. The molecule has 2 amide bonds. The van der Waals surface area contributed by atoms with Crippen LogP contribution in [0.1, 0.15) is 53.3 Å². The Morgan fingerprint density at radius 2 is 1.61 bits per heavy atom. The van der Waals surface area contributed by atoms with Gasteiger partial charge in [-0.25, -0.2) is 4.39 Å². The van der Waals surface area contributed by atoms with Gasteiger partial charge in [0.25, 0.3) is 11.8 Å². The molecule has 0 saturated carbocycles.